The van der Waals surface area contributed by atoms with Crippen molar-refractivity contribution >= 4 is 17.2 Å². The zero-order valence-electron chi connectivity index (χ0n) is 10.8. The molecule has 19 heavy (non-hydrogen) atoms. The van der Waals surface area contributed by atoms with E-state index in [0.717, 1.165) is 29.3 Å². The molecular weight excluding hydrogens is 234 g/mol. The van der Waals surface area contributed by atoms with Gasteiger partial charge in [-0.05, 0) is 36.8 Å². The predicted octanol–water partition coefficient (Wildman–Crippen LogP) is 3.81. The first-order valence-corrected chi connectivity index (χ1v) is 6.36. The Morgan fingerprint density at radius 3 is 2.79 bits per heavy atom. The lowest BCUT2D eigenvalue weighted by atomic mass is 10.1. The van der Waals surface area contributed by atoms with E-state index < -0.39 is 0 Å². The van der Waals surface area contributed by atoms with Gasteiger partial charge in [-0.25, -0.2) is 0 Å². The number of carbonyl (C=O) groups is 1. The van der Waals surface area contributed by atoms with Crippen molar-refractivity contribution in [2.45, 2.75) is 13.5 Å². The van der Waals surface area contributed by atoms with Crippen molar-refractivity contribution < 1.29 is 4.79 Å². The van der Waals surface area contributed by atoms with Crippen molar-refractivity contribution in [3.63, 3.8) is 0 Å². The van der Waals surface area contributed by atoms with E-state index in [0.29, 0.717) is 0 Å². The normalized spacial score (nSPS) is 10.8. The first-order valence-electron chi connectivity index (χ1n) is 6.36. The fourth-order valence-corrected chi connectivity index (χ4v) is 2.44. The summed E-state index contributed by atoms with van der Waals surface area (Å²) in [6.07, 6.45) is 2.96. The molecule has 0 N–H and O–H groups in total. The van der Waals surface area contributed by atoms with Crippen LogP contribution in [0.4, 0.5) is 0 Å². The molecule has 0 aliphatic carbocycles. The summed E-state index contributed by atoms with van der Waals surface area (Å²) in [5, 5.41) is 1.11. The highest BCUT2D eigenvalue weighted by atomic mass is 16.1. The summed E-state index contributed by atoms with van der Waals surface area (Å²) in [4.78, 5) is 10.8. The van der Waals surface area contributed by atoms with E-state index in [4.69, 9.17) is 0 Å². The second kappa shape index (κ2) is 4.73. The Hall–Kier alpha value is -2.35. The Balaban J connectivity index is 1.99. The monoisotopic (exact) mass is 249 g/mol. The number of aldehydes is 1. The minimum atomic E-state index is 0.723. The molecule has 94 valence electrons. The van der Waals surface area contributed by atoms with Crippen LogP contribution in [-0.4, -0.2) is 10.9 Å². The Morgan fingerprint density at radius 2 is 2.00 bits per heavy atom. The molecule has 0 saturated heterocycles. The lowest BCUT2D eigenvalue weighted by molar-refractivity contribution is 0.112. The quantitative estimate of drug-likeness (QED) is 0.647. The number of rotatable bonds is 3. The Bertz CT molecular complexity index is 740. The van der Waals surface area contributed by atoms with Crippen LogP contribution in [0.2, 0.25) is 0 Å². The van der Waals surface area contributed by atoms with Crippen LogP contribution in [0.15, 0.2) is 54.7 Å². The van der Waals surface area contributed by atoms with Crippen LogP contribution in [0.5, 0.6) is 0 Å². The van der Waals surface area contributed by atoms with Crippen molar-refractivity contribution in [1.29, 1.82) is 0 Å². The van der Waals surface area contributed by atoms with Crippen LogP contribution in [0.25, 0.3) is 10.9 Å². The van der Waals surface area contributed by atoms with Gasteiger partial charge in [0.1, 0.15) is 6.29 Å². The molecule has 0 amide bonds. The number of benzene rings is 2. The van der Waals surface area contributed by atoms with Gasteiger partial charge in [0.05, 0.1) is 0 Å². The van der Waals surface area contributed by atoms with Crippen LogP contribution in [-0.2, 0) is 6.54 Å². The zero-order chi connectivity index (χ0) is 13.2. The van der Waals surface area contributed by atoms with Gasteiger partial charge in [-0.15, -0.1) is 0 Å². The SMILES string of the molecule is Cc1cccc(Cn2ccc3cc(C=O)ccc32)c1. The number of aromatic nitrogens is 1. The van der Waals surface area contributed by atoms with Crippen LogP contribution < -0.4 is 0 Å². The largest absolute Gasteiger partial charge is 0.343 e. The molecule has 0 atom stereocenters. The van der Waals surface area contributed by atoms with Crippen molar-refractivity contribution in [1.82, 2.24) is 4.57 Å². The average Bonchev–Trinajstić information content (AvgIpc) is 2.81. The number of hydrogen-bond acceptors (Lipinski definition) is 1. The number of carbonyl (C=O) groups excluding carboxylic acids is 1. The summed E-state index contributed by atoms with van der Waals surface area (Å²) in [7, 11) is 0. The molecule has 1 aromatic heterocycles. The fraction of sp³-hybridized carbons (Fsp3) is 0.118. The summed E-state index contributed by atoms with van der Waals surface area (Å²) in [6.45, 7) is 2.96. The first kappa shape index (κ1) is 11.7. The maximum atomic E-state index is 10.8. The van der Waals surface area contributed by atoms with Gasteiger partial charge in [0.2, 0.25) is 0 Å². The van der Waals surface area contributed by atoms with E-state index in [9.17, 15) is 4.79 Å². The van der Waals surface area contributed by atoms with Gasteiger partial charge < -0.3 is 4.57 Å². The molecule has 0 aliphatic heterocycles. The number of fused-ring (bicyclic) bond motifs is 1. The number of aryl methyl sites for hydroxylation is 1. The highest BCUT2D eigenvalue weighted by molar-refractivity contribution is 5.87. The third kappa shape index (κ3) is 2.29. The Labute approximate surface area is 112 Å². The van der Waals surface area contributed by atoms with Gasteiger partial charge in [-0.3, -0.25) is 4.79 Å². The molecule has 0 radical (unpaired) electrons. The van der Waals surface area contributed by atoms with E-state index in [2.05, 4.69) is 48.0 Å². The van der Waals surface area contributed by atoms with Gasteiger partial charge in [-0.2, -0.15) is 0 Å². The van der Waals surface area contributed by atoms with Crippen LogP contribution >= 0.6 is 0 Å². The third-order valence-electron chi connectivity index (χ3n) is 3.37. The molecule has 3 aromatic rings. The predicted molar refractivity (Wildman–Crippen MR) is 77.6 cm³/mol. The maximum Gasteiger partial charge on any atom is 0.150 e. The van der Waals surface area contributed by atoms with Gasteiger partial charge in [0.25, 0.3) is 0 Å². The number of hydrogen-bond donors (Lipinski definition) is 0. The van der Waals surface area contributed by atoms with Gasteiger partial charge in [0.15, 0.2) is 0 Å². The molecule has 0 fully saturated rings. The minimum absolute atomic E-state index is 0.723. The van der Waals surface area contributed by atoms with E-state index >= 15 is 0 Å². The van der Waals surface area contributed by atoms with E-state index in [-0.39, 0.29) is 0 Å². The van der Waals surface area contributed by atoms with Crippen molar-refractivity contribution in [2.75, 3.05) is 0 Å². The Kier molecular flexibility index (Phi) is 2.92. The highest BCUT2D eigenvalue weighted by Gasteiger charge is 2.03. The van der Waals surface area contributed by atoms with E-state index in [1.165, 1.54) is 11.1 Å². The second-order valence-electron chi connectivity index (χ2n) is 4.87. The first-order chi connectivity index (χ1) is 9.26. The summed E-state index contributed by atoms with van der Waals surface area (Å²) in [5.74, 6) is 0. The number of nitrogens with zero attached hydrogens (tertiary/aromatic N) is 1. The van der Waals surface area contributed by atoms with Crippen molar-refractivity contribution in [3.8, 4) is 0 Å². The molecule has 1 heterocycles. The summed E-state index contributed by atoms with van der Waals surface area (Å²) >= 11 is 0. The van der Waals surface area contributed by atoms with Gasteiger partial charge in [-0.1, -0.05) is 29.8 Å². The smallest absolute Gasteiger partial charge is 0.150 e. The summed E-state index contributed by atoms with van der Waals surface area (Å²) in [5.41, 5.74) is 4.45. The fourth-order valence-electron chi connectivity index (χ4n) is 2.44. The standard InChI is InChI=1S/C17H15NO/c1-13-3-2-4-14(9-13)11-18-8-7-16-10-15(12-19)5-6-17(16)18/h2-10,12H,11H2,1H3. The van der Waals surface area contributed by atoms with Crippen LogP contribution in [0, 0.1) is 6.92 Å². The van der Waals surface area contributed by atoms with Crippen LogP contribution in [0.3, 0.4) is 0 Å². The molecule has 2 nitrogen and oxygen atoms in total. The van der Waals surface area contributed by atoms with Gasteiger partial charge >= 0.3 is 0 Å². The lowest BCUT2D eigenvalue weighted by Gasteiger charge is -2.06. The Morgan fingerprint density at radius 1 is 1.11 bits per heavy atom. The van der Waals surface area contributed by atoms with Crippen molar-refractivity contribution in [2.24, 2.45) is 0 Å². The summed E-state index contributed by atoms with van der Waals surface area (Å²) < 4.78 is 2.21. The molecule has 2 heteroatoms. The van der Waals surface area contributed by atoms with E-state index in [1.807, 2.05) is 18.2 Å². The molecule has 3 rings (SSSR count). The molecule has 2 aromatic carbocycles. The van der Waals surface area contributed by atoms with E-state index in [1.54, 1.807) is 0 Å². The average molecular weight is 249 g/mol. The maximum absolute atomic E-state index is 10.8. The zero-order valence-corrected chi connectivity index (χ0v) is 10.8. The molecule has 0 bridgehead atoms. The third-order valence-corrected chi connectivity index (χ3v) is 3.37. The minimum Gasteiger partial charge on any atom is -0.343 e. The molecule has 0 saturated carbocycles. The van der Waals surface area contributed by atoms with Crippen LogP contribution in [0.1, 0.15) is 21.5 Å². The highest BCUT2D eigenvalue weighted by Crippen LogP contribution is 2.18. The second-order valence-corrected chi connectivity index (χ2v) is 4.87. The molecular formula is C17H15NO. The van der Waals surface area contributed by atoms with Crippen molar-refractivity contribution in [3.05, 3.63) is 71.4 Å². The molecule has 0 aliphatic rings. The lowest BCUT2D eigenvalue weighted by Crippen LogP contribution is -1.98. The van der Waals surface area contributed by atoms with Gasteiger partial charge in [0, 0.05) is 29.2 Å². The topological polar surface area (TPSA) is 22.0 Å². The summed E-state index contributed by atoms with van der Waals surface area (Å²) in [6, 6.07) is 16.4. The molecule has 0 unspecified atom stereocenters. The molecule has 0 spiro atoms.